The molecule has 0 fully saturated rings. The molecule has 0 spiro atoms. The van der Waals surface area contributed by atoms with E-state index in [0.29, 0.717) is 0 Å². The summed E-state index contributed by atoms with van der Waals surface area (Å²) in [7, 11) is 3.58. The second-order valence-electron chi connectivity index (χ2n) is 4.59. The van der Waals surface area contributed by atoms with Crippen LogP contribution in [-0.4, -0.2) is 16.9 Å². The Hall–Kier alpha value is -1.33. The highest BCUT2D eigenvalue weighted by atomic mass is 79.9. The first-order chi connectivity index (χ1) is 9.02. The van der Waals surface area contributed by atoms with Crippen molar-refractivity contribution >= 4 is 15.9 Å². The van der Waals surface area contributed by atoms with E-state index >= 15 is 0 Å². The van der Waals surface area contributed by atoms with Crippen molar-refractivity contribution in [2.24, 2.45) is 12.8 Å². The van der Waals surface area contributed by atoms with Crippen LogP contribution in [0.3, 0.4) is 0 Å². The summed E-state index contributed by atoms with van der Waals surface area (Å²) in [5.74, 6) is 0.829. The van der Waals surface area contributed by atoms with Crippen molar-refractivity contribution < 1.29 is 4.74 Å². The fourth-order valence-electron chi connectivity index (χ4n) is 2.08. The maximum absolute atomic E-state index is 6.26. The normalized spacial score (nSPS) is 12.5. The molecule has 1 atom stereocenters. The zero-order chi connectivity index (χ0) is 14.0. The van der Waals surface area contributed by atoms with Gasteiger partial charge in [0, 0.05) is 24.3 Å². The Morgan fingerprint density at radius 2 is 2.21 bits per heavy atom. The predicted octanol–water partition coefficient (Wildman–Crippen LogP) is 2.74. The maximum atomic E-state index is 6.26. The molecule has 2 rings (SSSR count). The standard InChI is InChI=1S/C14H18BrN3O/c1-9-11(8-17-18(9)2)13(16)7-10-4-5-14(19-3)12(15)6-10/h4-6,8,13H,7,16H2,1-3H3. The third-order valence-corrected chi connectivity index (χ3v) is 3.96. The summed E-state index contributed by atoms with van der Waals surface area (Å²) in [4.78, 5) is 0. The quantitative estimate of drug-likeness (QED) is 0.941. The number of halogens is 1. The van der Waals surface area contributed by atoms with Crippen molar-refractivity contribution in [1.29, 1.82) is 0 Å². The number of ether oxygens (including phenoxy) is 1. The smallest absolute Gasteiger partial charge is 0.133 e. The topological polar surface area (TPSA) is 53.1 Å². The van der Waals surface area contributed by atoms with Gasteiger partial charge in [0.15, 0.2) is 0 Å². The molecule has 0 saturated carbocycles. The first-order valence-electron chi connectivity index (χ1n) is 6.09. The molecule has 1 aromatic carbocycles. The highest BCUT2D eigenvalue weighted by Crippen LogP contribution is 2.27. The van der Waals surface area contributed by atoms with Gasteiger partial charge < -0.3 is 10.5 Å². The number of methoxy groups -OCH3 is 1. The van der Waals surface area contributed by atoms with Crippen LogP contribution in [-0.2, 0) is 13.5 Å². The highest BCUT2D eigenvalue weighted by Gasteiger charge is 2.13. The largest absolute Gasteiger partial charge is 0.496 e. The number of benzene rings is 1. The van der Waals surface area contributed by atoms with Crippen LogP contribution in [0.1, 0.15) is 22.9 Å². The van der Waals surface area contributed by atoms with Gasteiger partial charge in [-0.05, 0) is 47.0 Å². The van der Waals surface area contributed by atoms with Crippen molar-refractivity contribution in [3.63, 3.8) is 0 Å². The molecule has 1 aromatic heterocycles. The Balaban J connectivity index is 2.17. The fraction of sp³-hybridized carbons (Fsp3) is 0.357. The molecule has 1 heterocycles. The number of aromatic nitrogens is 2. The monoisotopic (exact) mass is 323 g/mol. The summed E-state index contributed by atoms with van der Waals surface area (Å²) in [6, 6.07) is 5.98. The number of nitrogens with two attached hydrogens (primary N) is 1. The summed E-state index contributed by atoms with van der Waals surface area (Å²) in [5.41, 5.74) is 9.64. The molecule has 0 aliphatic carbocycles. The molecule has 102 valence electrons. The van der Waals surface area contributed by atoms with Gasteiger partial charge in [0.2, 0.25) is 0 Å². The van der Waals surface area contributed by atoms with Crippen LogP contribution in [0.2, 0.25) is 0 Å². The van der Waals surface area contributed by atoms with Crippen LogP contribution in [0.15, 0.2) is 28.9 Å². The minimum Gasteiger partial charge on any atom is -0.496 e. The third-order valence-electron chi connectivity index (χ3n) is 3.34. The van der Waals surface area contributed by atoms with E-state index in [1.54, 1.807) is 7.11 Å². The molecule has 0 radical (unpaired) electrons. The summed E-state index contributed by atoms with van der Waals surface area (Å²) in [6.45, 7) is 2.03. The van der Waals surface area contributed by atoms with Crippen molar-refractivity contribution in [1.82, 2.24) is 9.78 Å². The van der Waals surface area contributed by atoms with E-state index in [1.165, 1.54) is 5.56 Å². The lowest BCUT2D eigenvalue weighted by molar-refractivity contribution is 0.412. The van der Waals surface area contributed by atoms with E-state index in [9.17, 15) is 0 Å². The van der Waals surface area contributed by atoms with Crippen LogP contribution >= 0.6 is 15.9 Å². The number of rotatable bonds is 4. The SMILES string of the molecule is COc1ccc(CC(N)c2cnn(C)c2C)cc1Br. The molecule has 0 aliphatic heterocycles. The molecule has 4 nitrogen and oxygen atoms in total. The Morgan fingerprint density at radius 3 is 2.74 bits per heavy atom. The zero-order valence-electron chi connectivity index (χ0n) is 11.4. The van der Waals surface area contributed by atoms with E-state index in [4.69, 9.17) is 10.5 Å². The van der Waals surface area contributed by atoms with Crippen LogP contribution in [0.25, 0.3) is 0 Å². The van der Waals surface area contributed by atoms with E-state index < -0.39 is 0 Å². The lowest BCUT2D eigenvalue weighted by Gasteiger charge is -2.12. The van der Waals surface area contributed by atoms with Crippen LogP contribution in [0.5, 0.6) is 5.75 Å². The molecule has 0 amide bonds. The lowest BCUT2D eigenvalue weighted by Crippen LogP contribution is -2.14. The second kappa shape index (κ2) is 5.75. The van der Waals surface area contributed by atoms with E-state index in [0.717, 1.165) is 27.9 Å². The van der Waals surface area contributed by atoms with E-state index in [-0.39, 0.29) is 6.04 Å². The van der Waals surface area contributed by atoms with Gasteiger partial charge in [-0.15, -0.1) is 0 Å². The minimum absolute atomic E-state index is 0.0472. The molecule has 2 aromatic rings. The average Bonchev–Trinajstić information content (AvgIpc) is 2.70. The third kappa shape index (κ3) is 2.98. The van der Waals surface area contributed by atoms with E-state index in [2.05, 4.69) is 21.0 Å². The van der Waals surface area contributed by atoms with Crippen LogP contribution in [0, 0.1) is 6.92 Å². The first kappa shape index (κ1) is 14.1. The summed E-state index contributed by atoms with van der Waals surface area (Å²) < 4.78 is 8.01. The van der Waals surface area contributed by atoms with Gasteiger partial charge >= 0.3 is 0 Å². The molecular formula is C14H18BrN3O. The van der Waals surface area contributed by atoms with Gasteiger partial charge in [-0.1, -0.05) is 6.07 Å². The van der Waals surface area contributed by atoms with Crippen molar-refractivity contribution in [2.75, 3.05) is 7.11 Å². The van der Waals surface area contributed by atoms with E-state index in [1.807, 2.05) is 43.0 Å². The van der Waals surface area contributed by atoms with Gasteiger partial charge in [-0.25, -0.2) is 0 Å². The van der Waals surface area contributed by atoms with Gasteiger partial charge in [-0.2, -0.15) is 5.10 Å². The Bertz CT molecular complexity index is 580. The van der Waals surface area contributed by atoms with Gasteiger partial charge in [0.1, 0.15) is 5.75 Å². The molecule has 19 heavy (non-hydrogen) atoms. The van der Waals surface area contributed by atoms with Gasteiger partial charge in [0.05, 0.1) is 17.8 Å². The summed E-state index contributed by atoms with van der Waals surface area (Å²) in [6.07, 6.45) is 2.62. The molecule has 0 saturated heterocycles. The molecule has 5 heteroatoms. The van der Waals surface area contributed by atoms with Crippen LogP contribution < -0.4 is 10.5 Å². The average molecular weight is 324 g/mol. The second-order valence-corrected chi connectivity index (χ2v) is 5.44. The molecule has 1 unspecified atom stereocenters. The fourth-order valence-corrected chi connectivity index (χ4v) is 2.67. The minimum atomic E-state index is -0.0472. The molecule has 0 bridgehead atoms. The number of hydrogen-bond donors (Lipinski definition) is 1. The molecule has 2 N–H and O–H groups in total. The molecule has 0 aliphatic rings. The predicted molar refractivity (Wildman–Crippen MR) is 79.3 cm³/mol. The molecular weight excluding hydrogens is 306 g/mol. The lowest BCUT2D eigenvalue weighted by atomic mass is 10.0. The number of aryl methyl sites for hydroxylation is 1. The first-order valence-corrected chi connectivity index (χ1v) is 6.88. The Morgan fingerprint density at radius 1 is 1.47 bits per heavy atom. The van der Waals surface area contributed by atoms with Crippen molar-refractivity contribution in [2.45, 2.75) is 19.4 Å². The maximum Gasteiger partial charge on any atom is 0.133 e. The van der Waals surface area contributed by atoms with Gasteiger partial charge in [0.25, 0.3) is 0 Å². The van der Waals surface area contributed by atoms with Crippen molar-refractivity contribution in [3.05, 3.63) is 45.7 Å². The highest BCUT2D eigenvalue weighted by molar-refractivity contribution is 9.10. The number of hydrogen-bond acceptors (Lipinski definition) is 3. The Kier molecular flexibility index (Phi) is 4.27. The number of nitrogens with zero attached hydrogens (tertiary/aromatic N) is 2. The van der Waals surface area contributed by atoms with Crippen molar-refractivity contribution in [3.8, 4) is 5.75 Å². The Labute approximate surface area is 121 Å². The van der Waals surface area contributed by atoms with Gasteiger partial charge in [-0.3, -0.25) is 4.68 Å². The zero-order valence-corrected chi connectivity index (χ0v) is 12.9. The summed E-state index contributed by atoms with van der Waals surface area (Å²) >= 11 is 3.49. The summed E-state index contributed by atoms with van der Waals surface area (Å²) in [5, 5.41) is 4.23. The van der Waals surface area contributed by atoms with Crippen LogP contribution in [0.4, 0.5) is 0 Å².